The molecule has 1 fully saturated rings. The van der Waals surface area contributed by atoms with Gasteiger partial charge < -0.3 is 14.2 Å². The summed E-state index contributed by atoms with van der Waals surface area (Å²) in [6, 6.07) is -0.920. The van der Waals surface area contributed by atoms with E-state index in [2.05, 4.69) is 0 Å². The predicted octanol–water partition coefficient (Wildman–Crippen LogP) is 3.10. The Labute approximate surface area is 149 Å². The second-order valence-electron chi connectivity index (χ2n) is 7.84. The Morgan fingerprint density at radius 2 is 1.48 bits per heavy atom. The third-order valence-corrected chi connectivity index (χ3v) is 3.15. The van der Waals surface area contributed by atoms with E-state index in [4.69, 9.17) is 14.2 Å². The van der Waals surface area contributed by atoms with Gasteiger partial charge in [-0.05, 0) is 61.3 Å². The van der Waals surface area contributed by atoms with Gasteiger partial charge in [0.15, 0.2) is 6.04 Å². The number of carbonyl (C=O) groups excluding carboxylic acids is 3. The Morgan fingerprint density at radius 1 is 0.960 bits per heavy atom. The molecule has 144 valence electrons. The minimum atomic E-state index is -0.920. The van der Waals surface area contributed by atoms with Crippen molar-refractivity contribution < 1.29 is 28.6 Å². The maximum absolute atomic E-state index is 12.7. The lowest BCUT2D eigenvalue weighted by molar-refractivity contribution is -0.161. The third-order valence-electron chi connectivity index (χ3n) is 3.15. The maximum Gasteiger partial charge on any atom is 0.430 e. The van der Waals surface area contributed by atoms with Crippen molar-refractivity contribution in [3.05, 3.63) is 0 Å². The molecular weight excluding hydrogens is 328 g/mol. The molecule has 25 heavy (non-hydrogen) atoms. The number of carbonyl (C=O) groups is 3. The van der Waals surface area contributed by atoms with Crippen molar-refractivity contribution in [3.63, 3.8) is 0 Å². The Hall–Kier alpha value is -1.99. The lowest BCUT2D eigenvalue weighted by atomic mass is 10.1. The number of hydrazine groups is 1. The van der Waals surface area contributed by atoms with E-state index >= 15 is 0 Å². The zero-order chi connectivity index (χ0) is 19.4. The Bertz CT molecular complexity index is 506. The highest BCUT2D eigenvalue weighted by Gasteiger charge is 2.43. The molecule has 8 nitrogen and oxygen atoms in total. The summed E-state index contributed by atoms with van der Waals surface area (Å²) in [6.07, 6.45) is -0.553. The fraction of sp³-hybridized carbons (Fsp3) is 0.824. The van der Waals surface area contributed by atoms with Crippen LogP contribution in [0.1, 0.15) is 61.3 Å². The minimum absolute atomic E-state index is 0.184. The van der Waals surface area contributed by atoms with E-state index in [1.165, 1.54) is 0 Å². The van der Waals surface area contributed by atoms with Crippen LogP contribution in [0.5, 0.6) is 0 Å². The molecule has 1 rings (SSSR count). The van der Waals surface area contributed by atoms with Crippen LogP contribution in [0.4, 0.5) is 9.59 Å². The van der Waals surface area contributed by atoms with Crippen molar-refractivity contribution in [2.75, 3.05) is 13.2 Å². The van der Waals surface area contributed by atoms with Crippen molar-refractivity contribution in [3.8, 4) is 0 Å². The van der Waals surface area contributed by atoms with E-state index in [9.17, 15) is 14.4 Å². The van der Waals surface area contributed by atoms with Gasteiger partial charge in [0, 0.05) is 6.54 Å². The van der Waals surface area contributed by atoms with E-state index in [0.717, 1.165) is 10.0 Å². The number of esters is 1. The zero-order valence-electron chi connectivity index (χ0n) is 16.2. The molecule has 0 bridgehead atoms. The molecule has 1 heterocycles. The summed E-state index contributed by atoms with van der Waals surface area (Å²) in [4.78, 5) is 37.5. The standard InChI is InChI=1S/C17H30N2O6/c1-8-23-13(20)12-10-9-11-18(14(21)24-16(2,3)4)19(12)15(22)25-17(5,6)7/h12H,8-11H2,1-7H3. The summed E-state index contributed by atoms with van der Waals surface area (Å²) in [7, 11) is 0. The molecule has 2 amide bonds. The average molecular weight is 358 g/mol. The summed E-state index contributed by atoms with van der Waals surface area (Å²) < 4.78 is 15.8. The highest BCUT2D eigenvalue weighted by molar-refractivity contribution is 5.83. The topological polar surface area (TPSA) is 85.4 Å². The maximum atomic E-state index is 12.7. The molecular formula is C17H30N2O6. The molecule has 0 spiro atoms. The summed E-state index contributed by atoms with van der Waals surface area (Å²) in [5.41, 5.74) is -1.50. The largest absolute Gasteiger partial charge is 0.464 e. The molecule has 8 heteroatoms. The number of hydrogen-bond donors (Lipinski definition) is 0. The molecule has 0 aromatic heterocycles. The van der Waals surface area contributed by atoms with E-state index in [1.54, 1.807) is 48.5 Å². The van der Waals surface area contributed by atoms with E-state index in [-0.39, 0.29) is 13.2 Å². The smallest absolute Gasteiger partial charge is 0.430 e. The normalized spacial score (nSPS) is 18.6. The van der Waals surface area contributed by atoms with Crippen LogP contribution in [0.25, 0.3) is 0 Å². The van der Waals surface area contributed by atoms with Crippen LogP contribution >= 0.6 is 0 Å². The fourth-order valence-corrected chi connectivity index (χ4v) is 2.32. The quantitative estimate of drug-likeness (QED) is 0.557. The molecule has 0 aromatic carbocycles. The van der Waals surface area contributed by atoms with Crippen molar-refractivity contribution in [2.45, 2.75) is 78.6 Å². The second kappa shape index (κ2) is 7.93. The third kappa shape index (κ3) is 6.43. The lowest BCUT2D eigenvalue weighted by Crippen LogP contribution is -2.61. The summed E-state index contributed by atoms with van der Waals surface area (Å²) in [5.74, 6) is -0.568. The fourth-order valence-electron chi connectivity index (χ4n) is 2.32. The second-order valence-corrected chi connectivity index (χ2v) is 7.84. The van der Waals surface area contributed by atoms with Gasteiger partial charge in [0.25, 0.3) is 0 Å². The highest BCUT2D eigenvalue weighted by Crippen LogP contribution is 2.24. The molecule has 1 aliphatic rings. The first-order valence-electron chi connectivity index (χ1n) is 8.55. The molecule has 0 aromatic rings. The molecule has 1 atom stereocenters. The van der Waals surface area contributed by atoms with E-state index in [1.807, 2.05) is 0 Å². The zero-order valence-corrected chi connectivity index (χ0v) is 16.2. The van der Waals surface area contributed by atoms with Gasteiger partial charge in [0.05, 0.1) is 6.61 Å². The lowest BCUT2D eigenvalue weighted by Gasteiger charge is -2.42. The monoisotopic (exact) mass is 358 g/mol. The van der Waals surface area contributed by atoms with Crippen LogP contribution in [0.3, 0.4) is 0 Å². The number of hydrogen-bond acceptors (Lipinski definition) is 6. The summed E-state index contributed by atoms with van der Waals surface area (Å²) >= 11 is 0. The molecule has 1 saturated heterocycles. The molecule has 0 N–H and O–H groups in total. The van der Waals surface area contributed by atoms with Crippen LogP contribution in [-0.4, -0.2) is 58.6 Å². The summed E-state index contributed by atoms with van der Waals surface area (Å²) in [6.45, 7) is 12.5. The number of amides is 2. The van der Waals surface area contributed by atoms with E-state index in [0.29, 0.717) is 12.8 Å². The van der Waals surface area contributed by atoms with Crippen LogP contribution in [0.15, 0.2) is 0 Å². The average Bonchev–Trinajstić information content (AvgIpc) is 2.43. The molecule has 0 aliphatic carbocycles. The van der Waals surface area contributed by atoms with Crippen molar-refractivity contribution in [1.29, 1.82) is 0 Å². The molecule has 0 radical (unpaired) electrons. The first-order chi connectivity index (χ1) is 11.4. The Balaban J connectivity index is 3.12. The van der Waals surface area contributed by atoms with Gasteiger partial charge in [0.1, 0.15) is 11.2 Å². The van der Waals surface area contributed by atoms with Gasteiger partial charge in [0.2, 0.25) is 0 Å². The van der Waals surface area contributed by atoms with E-state index < -0.39 is 35.4 Å². The van der Waals surface area contributed by atoms with Gasteiger partial charge >= 0.3 is 18.2 Å². The van der Waals surface area contributed by atoms with Crippen molar-refractivity contribution >= 4 is 18.2 Å². The van der Waals surface area contributed by atoms with Gasteiger partial charge in [-0.25, -0.2) is 19.4 Å². The van der Waals surface area contributed by atoms with Crippen LogP contribution in [0.2, 0.25) is 0 Å². The number of rotatable bonds is 2. The Kier molecular flexibility index (Phi) is 6.68. The first-order valence-corrected chi connectivity index (χ1v) is 8.55. The van der Waals surface area contributed by atoms with Gasteiger partial charge in [-0.2, -0.15) is 5.01 Å². The molecule has 1 aliphatic heterocycles. The Morgan fingerprint density at radius 3 is 1.96 bits per heavy atom. The molecule has 1 unspecified atom stereocenters. The highest BCUT2D eigenvalue weighted by atomic mass is 16.6. The minimum Gasteiger partial charge on any atom is -0.464 e. The van der Waals surface area contributed by atoms with Crippen LogP contribution in [-0.2, 0) is 19.0 Å². The molecule has 0 saturated carbocycles. The van der Waals surface area contributed by atoms with Gasteiger partial charge in [-0.3, -0.25) is 0 Å². The number of nitrogens with zero attached hydrogens (tertiary/aromatic N) is 2. The van der Waals surface area contributed by atoms with Crippen molar-refractivity contribution in [2.24, 2.45) is 0 Å². The first kappa shape index (κ1) is 21.1. The van der Waals surface area contributed by atoms with Crippen molar-refractivity contribution in [1.82, 2.24) is 10.0 Å². The van der Waals surface area contributed by atoms with Gasteiger partial charge in [-0.1, -0.05) is 0 Å². The summed E-state index contributed by atoms with van der Waals surface area (Å²) in [5, 5.41) is 2.16. The van der Waals surface area contributed by atoms with Crippen LogP contribution in [0, 0.1) is 0 Å². The number of ether oxygens (including phenoxy) is 3. The SMILES string of the molecule is CCOC(=O)C1CCCN(C(=O)OC(C)(C)C)N1C(=O)OC(C)(C)C. The predicted molar refractivity (Wildman–Crippen MR) is 90.7 cm³/mol. The van der Waals surface area contributed by atoms with Gasteiger partial charge in [-0.15, -0.1) is 0 Å². The van der Waals surface area contributed by atoms with Crippen LogP contribution < -0.4 is 0 Å².